The van der Waals surface area contributed by atoms with Gasteiger partial charge in [-0.05, 0) is 18.9 Å². The van der Waals surface area contributed by atoms with Gasteiger partial charge in [-0.1, -0.05) is 13.8 Å². The normalized spacial score (nSPS) is 20.4. The molecule has 0 aromatic carbocycles. The summed E-state index contributed by atoms with van der Waals surface area (Å²) in [5.41, 5.74) is 0. The number of hydrogen-bond donors (Lipinski definition) is 1. The van der Waals surface area contributed by atoms with Crippen molar-refractivity contribution in [3.8, 4) is 0 Å². The van der Waals surface area contributed by atoms with E-state index >= 15 is 0 Å². The number of rotatable bonds is 6. The molecule has 1 saturated heterocycles. The number of amides is 1. The summed E-state index contributed by atoms with van der Waals surface area (Å²) in [7, 11) is 1.68. The third-order valence-corrected chi connectivity index (χ3v) is 2.87. The Morgan fingerprint density at radius 2 is 2.31 bits per heavy atom. The minimum absolute atomic E-state index is 0.176. The lowest BCUT2D eigenvalue weighted by molar-refractivity contribution is -0.136. The van der Waals surface area contributed by atoms with Gasteiger partial charge in [0.1, 0.15) is 0 Å². The third kappa shape index (κ3) is 4.10. The van der Waals surface area contributed by atoms with Crippen LogP contribution in [0.2, 0.25) is 0 Å². The van der Waals surface area contributed by atoms with Crippen LogP contribution in [0.5, 0.6) is 0 Å². The van der Waals surface area contributed by atoms with E-state index in [1.807, 2.05) is 4.90 Å². The number of ether oxygens (including phenoxy) is 1. The summed E-state index contributed by atoms with van der Waals surface area (Å²) in [6.45, 7) is 8.25. The molecule has 4 heteroatoms. The predicted octanol–water partition coefficient (Wildman–Crippen LogP) is 0.727. The van der Waals surface area contributed by atoms with Crippen LogP contribution in [0.1, 0.15) is 20.3 Å². The van der Waals surface area contributed by atoms with Crippen LogP contribution in [-0.2, 0) is 9.53 Å². The number of carbonyl (C=O) groups is 1. The molecule has 1 N–H and O–H groups in total. The summed E-state index contributed by atoms with van der Waals surface area (Å²) in [6, 6.07) is 0. The highest BCUT2D eigenvalue weighted by Crippen LogP contribution is 2.13. The van der Waals surface area contributed by atoms with Gasteiger partial charge in [-0.2, -0.15) is 0 Å². The number of carbonyl (C=O) groups excluding carboxylic acids is 1. The molecular weight excluding hydrogens is 204 g/mol. The standard InChI is InChI=1S/C12H24N2O2/c1-10(2)9-14(6-7-16-3)12(15)11-4-5-13-8-11/h10-11,13H,4-9H2,1-3H3. The van der Waals surface area contributed by atoms with Crippen molar-refractivity contribution in [3.05, 3.63) is 0 Å². The molecule has 1 rings (SSSR count). The second kappa shape index (κ2) is 6.86. The molecule has 0 aromatic heterocycles. The van der Waals surface area contributed by atoms with E-state index in [-0.39, 0.29) is 11.8 Å². The van der Waals surface area contributed by atoms with Gasteiger partial charge in [-0.25, -0.2) is 0 Å². The van der Waals surface area contributed by atoms with Gasteiger partial charge >= 0.3 is 0 Å². The molecule has 0 saturated carbocycles. The lowest BCUT2D eigenvalue weighted by Crippen LogP contribution is -2.41. The van der Waals surface area contributed by atoms with Crippen LogP contribution < -0.4 is 5.32 Å². The fraction of sp³-hybridized carbons (Fsp3) is 0.917. The van der Waals surface area contributed by atoms with Gasteiger partial charge < -0.3 is 15.0 Å². The first kappa shape index (κ1) is 13.5. The average molecular weight is 228 g/mol. The molecule has 16 heavy (non-hydrogen) atoms. The molecule has 0 aromatic rings. The van der Waals surface area contributed by atoms with E-state index in [2.05, 4.69) is 19.2 Å². The van der Waals surface area contributed by atoms with E-state index in [0.29, 0.717) is 19.1 Å². The largest absolute Gasteiger partial charge is 0.383 e. The first-order valence-electron chi connectivity index (χ1n) is 6.13. The Morgan fingerprint density at radius 1 is 1.56 bits per heavy atom. The smallest absolute Gasteiger partial charge is 0.227 e. The van der Waals surface area contributed by atoms with Crippen molar-refractivity contribution in [1.29, 1.82) is 0 Å². The average Bonchev–Trinajstić information content (AvgIpc) is 2.76. The van der Waals surface area contributed by atoms with Gasteiger partial charge in [0, 0.05) is 26.7 Å². The van der Waals surface area contributed by atoms with Crippen molar-refractivity contribution >= 4 is 5.91 Å². The van der Waals surface area contributed by atoms with E-state index in [9.17, 15) is 4.79 Å². The van der Waals surface area contributed by atoms with Crippen LogP contribution in [0, 0.1) is 11.8 Å². The maximum atomic E-state index is 12.2. The van der Waals surface area contributed by atoms with Crippen LogP contribution in [0.15, 0.2) is 0 Å². The predicted molar refractivity (Wildman–Crippen MR) is 64.3 cm³/mol. The molecule has 94 valence electrons. The molecule has 1 atom stereocenters. The molecule has 1 aliphatic rings. The third-order valence-electron chi connectivity index (χ3n) is 2.87. The van der Waals surface area contributed by atoms with Gasteiger partial charge in [0.2, 0.25) is 5.91 Å². The van der Waals surface area contributed by atoms with Crippen LogP contribution in [0.25, 0.3) is 0 Å². The number of hydrogen-bond acceptors (Lipinski definition) is 3. The summed E-state index contributed by atoms with van der Waals surface area (Å²) < 4.78 is 5.06. The van der Waals surface area contributed by atoms with Gasteiger partial charge in [-0.3, -0.25) is 4.79 Å². The van der Waals surface area contributed by atoms with Crippen molar-refractivity contribution in [1.82, 2.24) is 10.2 Å². The first-order chi connectivity index (χ1) is 7.65. The van der Waals surface area contributed by atoms with Crippen LogP contribution in [-0.4, -0.2) is 50.7 Å². The molecule has 1 heterocycles. The number of methoxy groups -OCH3 is 1. The molecule has 4 nitrogen and oxygen atoms in total. The fourth-order valence-electron chi connectivity index (χ4n) is 2.06. The van der Waals surface area contributed by atoms with Gasteiger partial charge in [0.05, 0.1) is 12.5 Å². The number of nitrogens with one attached hydrogen (secondary N) is 1. The van der Waals surface area contributed by atoms with Gasteiger partial charge in [0.15, 0.2) is 0 Å². The summed E-state index contributed by atoms with van der Waals surface area (Å²) in [6.07, 6.45) is 0.973. The topological polar surface area (TPSA) is 41.6 Å². The molecule has 1 unspecified atom stereocenters. The second-order valence-electron chi connectivity index (χ2n) is 4.86. The van der Waals surface area contributed by atoms with Crippen LogP contribution >= 0.6 is 0 Å². The Bertz CT molecular complexity index is 213. The summed E-state index contributed by atoms with van der Waals surface area (Å²) in [5.74, 6) is 0.974. The van der Waals surface area contributed by atoms with E-state index in [1.54, 1.807) is 7.11 Å². The van der Waals surface area contributed by atoms with E-state index in [1.165, 1.54) is 0 Å². The maximum Gasteiger partial charge on any atom is 0.227 e. The van der Waals surface area contributed by atoms with Gasteiger partial charge in [0.25, 0.3) is 0 Å². The zero-order chi connectivity index (χ0) is 12.0. The Balaban J connectivity index is 2.48. The Kier molecular flexibility index (Phi) is 5.77. The summed E-state index contributed by atoms with van der Waals surface area (Å²) >= 11 is 0. The molecule has 0 spiro atoms. The van der Waals surface area contributed by atoms with E-state index in [0.717, 1.165) is 26.1 Å². The van der Waals surface area contributed by atoms with Crippen molar-refractivity contribution < 1.29 is 9.53 Å². The Labute approximate surface area is 98.3 Å². The number of nitrogens with zero attached hydrogens (tertiary/aromatic N) is 1. The zero-order valence-electron chi connectivity index (χ0n) is 10.7. The SMILES string of the molecule is COCCN(CC(C)C)C(=O)C1CCNC1. The molecule has 0 bridgehead atoms. The minimum Gasteiger partial charge on any atom is -0.383 e. The van der Waals surface area contributed by atoms with Crippen molar-refractivity contribution in [3.63, 3.8) is 0 Å². The molecule has 1 fully saturated rings. The van der Waals surface area contributed by atoms with Crippen molar-refractivity contribution in [2.45, 2.75) is 20.3 Å². The van der Waals surface area contributed by atoms with Crippen LogP contribution in [0.3, 0.4) is 0 Å². The van der Waals surface area contributed by atoms with Gasteiger partial charge in [-0.15, -0.1) is 0 Å². The Hall–Kier alpha value is -0.610. The lowest BCUT2D eigenvalue weighted by atomic mass is 10.1. The molecule has 1 aliphatic heterocycles. The van der Waals surface area contributed by atoms with E-state index in [4.69, 9.17) is 4.74 Å². The molecule has 0 radical (unpaired) electrons. The highest BCUT2D eigenvalue weighted by atomic mass is 16.5. The van der Waals surface area contributed by atoms with E-state index < -0.39 is 0 Å². The lowest BCUT2D eigenvalue weighted by Gasteiger charge is -2.26. The molecular formula is C12H24N2O2. The zero-order valence-corrected chi connectivity index (χ0v) is 10.7. The molecule has 0 aliphatic carbocycles. The highest BCUT2D eigenvalue weighted by molar-refractivity contribution is 5.79. The monoisotopic (exact) mass is 228 g/mol. The van der Waals surface area contributed by atoms with Crippen LogP contribution in [0.4, 0.5) is 0 Å². The summed E-state index contributed by atoms with van der Waals surface area (Å²) in [4.78, 5) is 14.2. The summed E-state index contributed by atoms with van der Waals surface area (Å²) in [5, 5.41) is 3.24. The Morgan fingerprint density at radius 3 is 2.81 bits per heavy atom. The highest BCUT2D eigenvalue weighted by Gasteiger charge is 2.27. The molecule has 1 amide bonds. The van der Waals surface area contributed by atoms with Crippen molar-refractivity contribution in [2.24, 2.45) is 11.8 Å². The second-order valence-corrected chi connectivity index (χ2v) is 4.86. The minimum atomic E-state index is 0.176. The maximum absolute atomic E-state index is 12.2. The van der Waals surface area contributed by atoms with Crippen molar-refractivity contribution in [2.75, 3.05) is 39.9 Å². The fourth-order valence-corrected chi connectivity index (χ4v) is 2.06. The first-order valence-corrected chi connectivity index (χ1v) is 6.13. The quantitative estimate of drug-likeness (QED) is 0.728.